The zero-order chi connectivity index (χ0) is 16.5. The van der Waals surface area contributed by atoms with Gasteiger partial charge in [-0.3, -0.25) is 0 Å². The number of aryl methyl sites for hydroxylation is 4. The third-order valence-corrected chi connectivity index (χ3v) is 4.92. The molecule has 0 aliphatic rings. The van der Waals surface area contributed by atoms with Gasteiger partial charge in [0.25, 0.3) is 0 Å². The van der Waals surface area contributed by atoms with Gasteiger partial charge in [-0.25, -0.2) is 0 Å². The largest absolute Gasteiger partial charge is 0.493 e. The molecule has 0 saturated heterocycles. The molecule has 4 nitrogen and oxygen atoms in total. The fourth-order valence-electron chi connectivity index (χ4n) is 2.56. The van der Waals surface area contributed by atoms with Crippen LogP contribution in [0.5, 0.6) is 11.5 Å². The maximum absolute atomic E-state index is 12.6. The molecule has 0 aliphatic heterocycles. The van der Waals surface area contributed by atoms with Gasteiger partial charge in [0.1, 0.15) is 4.90 Å². The number of ether oxygens (including phenoxy) is 1. The fraction of sp³-hybridized carbons (Fsp3) is 0.294. The average molecular weight is 320 g/mol. The molecule has 22 heavy (non-hydrogen) atoms. The van der Waals surface area contributed by atoms with Gasteiger partial charge >= 0.3 is 10.1 Å². The van der Waals surface area contributed by atoms with Crippen molar-refractivity contribution in [3.63, 3.8) is 0 Å². The van der Waals surface area contributed by atoms with Crippen molar-refractivity contribution in [3.8, 4) is 11.5 Å². The first-order valence-corrected chi connectivity index (χ1v) is 8.32. The Labute approximate surface area is 131 Å². The standard InChI is InChI=1S/C17H20O4S/c1-11-6-7-15(16(10-11)20-5)21-22(18,19)17-13(3)8-12(2)9-14(17)4/h6-10H,1-5H3. The minimum atomic E-state index is -3.92. The van der Waals surface area contributed by atoms with E-state index in [0.29, 0.717) is 16.9 Å². The first kappa shape index (κ1) is 16.4. The Balaban J connectivity index is 2.49. The van der Waals surface area contributed by atoms with Crippen LogP contribution in [0.4, 0.5) is 0 Å². The van der Waals surface area contributed by atoms with Crippen molar-refractivity contribution in [2.75, 3.05) is 7.11 Å². The van der Waals surface area contributed by atoms with E-state index in [9.17, 15) is 8.42 Å². The van der Waals surface area contributed by atoms with E-state index in [0.717, 1.165) is 11.1 Å². The molecule has 0 amide bonds. The topological polar surface area (TPSA) is 52.6 Å². The van der Waals surface area contributed by atoms with Crippen molar-refractivity contribution < 1.29 is 17.3 Å². The number of rotatable bonds is 4. The normalized spacial score (nSPS) is 11.3. The molecular weight excluding hydrogens is 300 g/mol. The summed E-state index contributed by atoms with van der Waals surface area (Å²) in [5, 5.41) is 0. The highest BCUT2D eigenvalue weighted by atomic mass is 32.2. The van der Waals surface area contributed by atoms with Crippen molar-refractivity contribution in [2.24, 2.45) is 0 Å². The Morgan fingerprint density at radius 2 is 1.41 bits per heavy atom. The molecule has 2 aromatic carbocycles. The van der Waals surface area contributed by atoms with E-state index in [1.165, 1.54) is 7.11 Å². The quantitative estimate of drug-likeness (QED) is 0.806. The van der Waals surface area contributed by atoms with Crippen LogP contribution < -0.4 is 8.92 Å². The monoisotopic (exact) mass is 320 g/mol. The molecule has 0 heterocycles. The fourth-order valence-corrected chi connectivity index (χ4v) is 3.93. The molecule has 118 valence electrons. The van der Waals surface area contributed by atoms with E-state index in [2.05, 4.69) is 0 Å². The van der Waals surface area contributed by atoms with Gasteiger partial charge in [-0.15, -0.1) is 0 Å². The van der Waals surface area contributed by atoms with E-state index in [1.807, 2.05) is 26.0 Å². The summed E-state index contributed by atoms with van der Waals surface area (Å²) >= 11 is 0. The van der Waals surface area contributed by atoms with Crippen LogP contribution in [-0.4, -0.2) is 15.5 Å². The molecule has 2 aromatic rings. The van der Waals surface area contributed by atoms with Crippen LogP contribution in [0.15, 0.2) is 35.2 Å². The Hall–Kier alpha value is -2.01. The van der Waals surface area contributed by atoms with Gasteiger partial charge in [0.2, 0.25) is 0 Å². The Morgan fingerprint density at radius 1 is 0.818 bits per heavy atom. The lowest BCUT2D eigenvalue weighted by molar-refractivity contribution is 0.390. The van der Waals surface area contributed by atoms with E-state index in [-0.39, 0.29) is 10.6 Å². The zero-order valence-electron chi connectivity index (χ0n) is 13.4. The van der Waals surface area contributed by atoms with Gasteiger partial charge in [0.15, 0.2) is 11.5 Å². The summed E-state index contributed by atoms with van der Waals surface area (Å²) in [5.74, 6) is 0.582. The van der Waals surface area contributed by atoms with Crippen LogP contribution in [-0.2, 0) is 10.1 Å². The highest BCUT2D eigenvalue weighted by Crippen LogP contribution is 2.32. The first-order chi connectivity index (χ1) is 10.2. The predicted molar refractivity (Wildman–Crippen MR) is 86.2 cm³/mol. The van der Waals surface area contributed by atoms with E-state index >= 15 is 0 Å². The Bertz CT molecular complexity index is 784. The SMILES string of the molecule is COc1cc(C)ccc1OS(=O)(=O)c1c(C)cc(C)cc1C. The van der Waals surface area contributed by atoms with E-state index in [4.69, 9.17) is 8.92 Å². The molecule has 0 aromatic heterocycles. The van der Waals surface area contributed by atoms with Crippen LogP contribution in [0, 0.1) is 27.7 Å². The second kappa shape index (κ2) is 6.01. The van der Waals surface area contributed by atoms with Crippen molar-refractivity contribution in [3.05, 3.63) is 52.6 Å². The highest BCUT2D eigenvalue weighted by molar-refractivity contribution is 7.87. The highest BCUT2D eigenvalue weighted by Gasteiger charge is 2.23. The third kappa shape index (κ3) is 3.25. The molecule has 0 saturated carbocycles. The summed E-state index contributed by atoms with van der Waals surface area (Å²) in [6, 6.07) is 8.78. The minimum absolute atomic E-state index is 0.187. The smallest absolute Gasteiger partial charge is 0.339 e. The van der Waals surface area contributed by atoms with Crippen LogP contribution in [0.2, 0.25) is 0 Å². The molecule has 0 bridgehead atoms. The summed E-state index contributed by atoms with van der Waals surface area (Å²) in [5.41, 5.74) is 3.32. The van der Waals surface area contributed by atoms with Gasteiger partial charge in [0, 0.05) is 0 Å². The second-order valence-electron chi connectivity index (χ2n) is 5.42. The number of methoxy groups -OCH3 is 1. The van der Waals surface area contributed by atoms with Crippen LogP contribution >= 0.6 is 0 Å². The summed E-state index contributed by atoms with van der Waals surface area (Å²) in [6.45, 7) is 7.36. The summed E-state index contributed by atoms with van der Waals surface area (Å²) in [7, 11) is -2.43. The van der Waals surface area contributed by atoms with E-state index in [1.54, 1.807) is 32.0 Å². The second-order valence-corrected chi connectivity index (χ2v) is 6.90. The first-order valence-electron chi connectivity index (χ1n) is 6.91. The van der Waals surface area contributed by atoms with Gasteiger partial charge in [-0.05, 0) is 56.5 Å². The molecule has 0 N–H and O–H groups in total. The Morgan fingerprint density at radius 3 is 1.95 bits per heavy atom. The Kier molecular flexibility index (Phi) is 4.47. The van der Waals surface area contributed by atoms with Crippen LogP contribution in [0.1, 0.15) is 22.3 Å². The molecule has 0 aliphatic carbocycles. The third-order valence-electron chi connectivity index (χ3n) is 3.37. The van der Waals surface area contributed by atoms with Gasteiger partial charge in [0.05, 0.1) is 7.11 Å². The van der Waals surface area contributed by atoms with E-state index < -0.39 is 10.1 Å². The molecule has 0 radical (unpaired) electrons. The molecular formula is C17H20O4S. The van der Waals surface area contributed by atoms with Crippen LogP contribution in [0.25, 0.3) is 0 Å². The van der Waals surface area contributed by atoms with Crippen LogP contribution in [0.3, 0.4) is 0 Å². The molecule has 0 spiro atoms. The lowest BCUT2D eigenvalue weighted by Gasteiger charge is -2.14. The maximum Gasteiger partial charge on any atom is 0.339 e. The number of hydrogen-bond donors (Lipinski definition) is 0. The molecule has 0 unspecified atom stereocenters. The van der Waals surface area contributed by atoms with Gasteiger partial charge in [-0.2, -0.15) is 8.42 Å². The lowest BCUT2D eigenvalue weighted by atomic mass is 10.1. The van der Waals surface area contributed by atoms with Crippen molar-refractivity contribution in [2.45, 2.75) is 32.6 Å². The van der Waals surface area contributed by atoms with Gasteiger partial charge < -0.3 is 8.92 Å². The molecule has 0 atom stereocenters. The maximum atomic E-state index is 12.6. The predicted octanol–water partition coefficient (Wildman–Crippen LogP) is 3.70. The molecule has 0 fully saturated rings. The average Bonchev–Trinajstić information content (AvgIpc) is 2.38. The summed E-state index contributed by atoms with van der Waals surface area (Å²) in [4.78, 5) is 0.209. The molecule has 2 rings (SSSR count). The minimum Gasteiger partial charge on any atom is -0.493 e. The van der Waals surface area contributed by atoms with Gasteiger partial charge in [-0.1, -0.05) is 23.8 Å². The number of hydrogen-bond acceptors (Lipinski definition) is 4. The zero-order valence-corrected chi connectivity index (χ0v) is 14.2. The van der Waals surface area contributed by atoms with Crippen molar-refractivity contribution in [1.29, 1.82) is 0 Å². The van der Waals surface area contributed by atoms with Crippen molar-refractivity contribution >= 4 is 10.1 Å². The molecule has 5 heteroatoms. The van der Waals surface area contributed by atoms with Crippen molar-refractivity contribution in [1.82, 2.24) is 0 Å². The summed E-state index contributed by atoms with van der Waals surface area (Å²) < 4.78 is 35.8. The summed E-state index contributed by atoms with van der Waals surface area (Å²) in [6.07, 6.45) is 0. The lowest BCUT2D eigenvalue weighted by Crippen LogP contribution is -2.13. The number of benzene rings is 2.